The molecule has 184 valence electrons. The molecule has 3 N–H and O–H groups in total. The van der Waals surface area contributed by atoms with Crippen molar-refractivity contribution in [3.05, 3.63) is 0 Å². The van der Waals surface area contributed by atoms with Crippen molar-refractivity contribution in [3.63, 3.8) is 0 Å². The summed E-state index contributed by atoms with van der Waals surface area (Å²) in [5, 5.41) is 9.86. The summed E-state index contributed by atoms with van der Waals surface area (Å²) >= 11 is 0. The molecule has 0 bridgehead atoms. The summed E-state index contributed by atoms with van der Waals surface area (Å²) in [5.41, 5.74) is -0.886. The summed E-state index contributed by atoms with van der Waals surface area (Å²) in [6.07, 6.45) is 3.55. The molecule has 31 heavy (non-hydrogen) atoms. The molecule has 9 heteroatoms. The van der Waals surface area contributed by atoms with Crippen LogP contribution >= 0.6 is 24.0 Å². The molecule has 1 rings (SSSR count). The maximum atomic E-state index is 12.3. The molecule has 0 aromatic rings. The number of rotatable bonds is 9. The van der Waals surface area contributed by atoms with Gasteiger partial charge < -0.3 is 30.5 Å². The lowest BCUT2D eigenvalue weighted by atomic mass is 9.93. The van der Waals surface area contributed by atoms with Crippen molar-refractivity contribution in [2.75, 3.05) is 59.9 Å². The second-order valence-corrected chi connectivity index (χ2v) is 9.32. The van der Waals surface area contributed by atoms with E-state index in [4.69, 9.17) is 4.74 Å². The molecule has 0 saturated carbocycles. The number of amides is 1. The highest BCUT2D eigenvalue weighted by atomic mass is 127. The zero-order valence-electron chi connectivity index (χ0n) is 20.8. The highest BCUT2D eigenvalue weighted by Crippen LogP contribution is 2.16. The predicted octanol–water partition coefficient (Wildman–Crippen LogP) is 2.88. The van der Waals surface area contributed by atoms with Gasteiger partial charge >= 0.3 is 6.09 Å². The van der Waals surface area contributed by atoms with Crippen molar-refractivity contribution in [1.29, 1.82) is 0 Å². The molecule has 1 aliphatic rings. The van der Waals surface area contributed by atoms with Crippen LogP contribution in [0.2, 0.25) is 0 Å². The number of likely N-dealkylation sites (N-methyl/N-ethyl adjacent to an activating group) is 1. The fraction of sp³-hybridized carbons (Fsp3) is 0.909. The molecule has 8 nitrogen and oxygen atoms in total. The fourth-order valence-corrected chi connectivity index (χ4v) is 3.55. The zero-order valence-corrected chi connectivity index (χ0v) is 23.2. The minimum atomic E-state index is -0.509. The van der Waals surface area contributed by atoms with E-state index in [-0.39, 0.29) is 35.6 Å². The molecule has 0 atom stereocenters. The van der Waals surface area contributed by atoms with Crippen LogP contribution in [0, 0.1) is 0 Å². The number of carbonyl (C=O) groups excluding carboxylic acids is 1. The second kappa shape index (κ2) is 15.1. The number of hydrogen-bond acceptors (Lipinski definition) is 5. The lowest BCUT2D eigenvalue weighted by Crippen LogP contribution is -2.57. The van der Waals surface area contributed by atoms with Crippen LogP contribution < -0.4 is 16.0 Å². The number of ether oxygens (including phenoxy) is 1. The summed E-state index contributed by atoms with van der Waals surface area (Å²) in [7, 11) is 3.98. The number of halogens is 1. The molecule has 0 unspecified atom stereocenters. The fourth-order valence-electron chi connectivity index (χ4n) is 3.55. The van der Waals surface area contributed by atoms with Gasteiger partial charge in [0.1, 0.15) is 5.60 Å². The van der Waals surface area contributed by atoms with Crippen LogP contribution in [0.4, 0.5) is 4.79 Å². The Kier molecular flexibility index (Phi) is 14.7. The Labute approximate surface area is 207 Å². The molecule has 0 aliphatic carbocycles. The Hall–Kier alpha value is -0.810. The minimum absolute atomic E-state index is 0. The van der Waals surface area contributed by atoms with Crippen LogP contribution in [0.1, 0.15) is 60.3 Å². The zero-order chi connectivity index (χ0) is 22.6. The third-order valence-electron chi connectivity index (χ3n) is 5.69. The van der Waals surface area contributed by atoms with Gasteiger partial charge in [0, 0.05) is 33.2 Å². The summed E-state index contributed by atoms with van der Waals surface area (Å²) in [5.74, 6) is 0.767. The maximum Gasteiger partial charge on any atom is 0.408 e. The first-order valence-corrected chi connectivity index (χ1v) is 11.5. The van der Waals surface area contributed by atoms with Crippen LogP contribution in [0.3, 0.4) is 0 Å². The van der Waals surface area contributed by atoms with Crippen molar-refractivity contribution in [1.82, 2.24) is 25.8 Å². The van der Waals surface area contributed by atoms with Gasteiger partial charge in [-0.3, -0.25) is 4.99 Å². The van der Waals surface area contributed by atoms with Crippen molar-refractivity contribution < 1.29 is 9.53 Å². The number of hydrogen-bond donors (Lipinski definition) is 3. The topological polar surface area (TPSA) is 81.2 Å². The molecule has 1 fully saturated rings. The van der Waals surface area contributed by atoms with E-state index in [1.54, 1.807) is 7.05 Å². The second-order valence-electron chi connectivity index (χ2n) is 9.32. The molecule has 1 saturated heterocycles. The third kappa shape index (κ3) is 12.7. The smallest absolute Gasteiger partial charge is 0.408 e. The van der Waals surface area contributed by atoms with Gasteiger partial charge in [-0.25, -0.2) is 4.79 Å². The molecule has 1 amide bonds. The Morgan fingerprint density at radius 3 is 2.32 bits per heavy atom. The van der Waals surface area contributed by atoms with E-state index in [0.29, 0.717) is 6.54 Å². The van der Waals surface area contributed by atoms with Crippen molar-refractivity contribution in [3.8, 4) is 0 Å². The van der Waals surface area contributed by atoms with Crippen molar-refractivity contribution in [2.45, 2.75) is 71.4 Å². The van der Waals surface area contributed by atoms with Crippen LogP contribution in [-0.4, -0.2) is 92.9 Å². The highest BCUT2D eigenvalue weighted by molar-refractivity contribution is 14.0. The standard InChI is InChI=1S/C22H46N6O2.HI/c1-8-22(9-2,26-20(29)30-21(3,4)5)18-25-19(23-6)24-12-10-14-28-15-11-13-27(7)16-17-28;/h8-18H2,1-7H3,(H,26,29)(H2,23,24,25);1H. The Bertz CT molecular complexity index is 535. The number of alkyl carbamates (subject to hydrolysis) is 1. The normalized spacial score (nSPS) is 16.8. The summed E-state index contributed by atoms with van der Waals surface area (Å²) < 4.78 is 5.45. The Morgan fingerprint density at radius 2 is 1.74 bits per heavy atom. The molecular formula is C22H47IN6O2. The lowest BCUT2D eigenvalue weighted by Gasteiger charge is -2.34. The van der Waals surface area contributed by atoms with Crippen LogP contribution in [-0.2, 0) is 4.74 Å². The first-order valence-electron chi connectivity index (χ1n) is 11.5. The van der Waals surface area contributed by atoms with Crippen LogP contribution in [0.5, 0.6) is 0 Å². The van der Waals surface area contributed by atoms with Crippen molar-refractivity contribution in [2.24, 2.45) is 4.99 Å². The highest BCUT2D eigenvalue weighted by Gasteiger charge is 2.30. The molecule has 1 aliphatic heterocycles. The van der Waals surface area contributed by atoms with Gasteiger partial charge in [-0.05, 0) is 73.1 Å². The lowest BCUT2D eigenvalue weighted by molar-refractivity contribution is 0.0448. The largest absolute Gasteiger partial charge is 0.444 e. The van der Waals surface area contributed by atoms with Gasteiger partial charge in [0.25, 0.3) is 0 Å². The number of nitrogens with zero attached hydrogens (tertiary/aromatic N) is 3. The molecule has 0 radical (unpaired) electrons. The predicted molar refractivity (Wildman–Crippen MR) is 141 cm³/mol. The van der Waals surface area contributed by atoms with Gasteiger partial charge in [0.15, 0.2) is 5.96 Å². The molecular weight excluding hydrogens is 507 g/mol. The number of aliphatic imine (C=N–C) groups is 1. The molecule has 1 heterocycles. The van der Waals surface area contributed by atoms with E-state index in [2.05, 4.69) is 51.6 Å². The van der Waals surface area contributed by atoms with Crippen LogP contribution in [0.15, 0.2) is 4.99 Å². The van der Waals surface area contributed by atoms with E-state index in [0.717, 1.165) is 51.4 Å². The van der Waals surface area contributed by atoms with E-state index < -0.39 is 5.60 Å². The summed E-state index contributed by atoms with van der Waals surface area (Å²) in [4.78, 5) is 21.6. The van der Waals surface area contributed by atoms with Crippen LogP contribution in [0.25, 0.3) is 0 Å². The van der Waals surface area contributed by atoms with Gasteiger partial charge in [-0.1, -0.05) is 13.8 Å². The Morgan fingerprint density at radius 1 is 1.06 bits per heavy atom. The van der Waals surface area contributed by atoms with Gasteiger partial charge in [0.05, 0.1) is 5.54 Å². The van der Waals surface area contributed by atoms with E-state index in [1.165, 1.54) is 19.5 Å². The minimum Gasteiger partial charge on any atom is -0.444 e. The molecule has 0 aromatic heterocycles. The molecule has 0 aromatic carbocycles. The average molecular weight is 555 g/mol. The first kappa shape index (κ1) is 30.2. The van der Waals surface area contributed by atoms with Gasteiger partial charge in [0.2, 0.25) is 0 Å². The monoisotopic (exact) mass is 554 g/mol. The van der Waals surface area contributed by atoms with E-state index in [1.807, 2.05) is 20.8 Å². The maximum absolute atomic E-state index is 12.3. The van der Waals surface area contributed by atoms with E-state index >= 15 is 0 Å². The van der Waals surface area contributed by atoms with Gasteiger partial charge in [-0.2, -0.15) is 0 Å². The summed E-state index contributed by atoms with van der Waals surface area (Å²) in [6.45, 7) is 17.0. The number of guanidine groups is 1. The molecule has 0 spiro atoms. The number of nitrogens with one attached hydrogen (secondary N) is 3. The first-order chi connectivity index (χ1) is 14.1. The van der Waals surface area contributed by atoms with Gasteiger partial charge in [-0.15, -0.1) is 24.0 Å². The van der Waals surface area contributed by atoms with Crippen molar-refractivity contribution >= 4 is 36.0 Å². The SMILES string of the molecule is CCC(CC)(CNC(=NC)NCCCN1CCCN(C)CC1)NC(=O)OC(C)(C)C.I. The summed E-state index contributed by atoms with van der Waals surface area (Å²) in [6, 6.07) is 0. The quantitative estimate of drug-likeness (QED) is 0.176. The Balaban J connectivity index is 0.00000900. The number of carbonyl (C=O) groups is 1. The third-order valence-corrected chi connectivity index (χ3v) is 5.69. The average Bonchev–Trinajstić information content (AvgIpc) is 2.89. The van der Waals surface area contributed by atoms with E-state index in [9.17, 15) is 4.79 Å².